The fourth-order valence-electron chi connectivity index (χ4n) is 2.43. The number of hydrogen-bond acceptors (Lipinski definition) is 3. The van der Waals surface area contributed by atoms with Crippen LogP contribution in [-0.2, 0) is 15.9 Å². The van der Waals surface area contributed by atoms with Crippen LogP contribution >= 0.6 is 11.6 Å². The summed E-state index contributed by atoms with van der Waals surface area (Å²) in [7, 11) is -3.48. The van der Waals surface area contributed by atoms with E-state index < -0.39 is 10.0 Å². The second-order valence-electron chi connectivity index (χ2n) is 6.35. The number of sulfonamides is 1. The van der Waals surface area contributed by atoms with Crippen LogP contribution in [0.2, 0.25) is 0 Å². The van der Waals surface area contributed by atoms with E-state index in [0.717, 1.165) is 12.0 Å². The lowest BCUT2D eigenvalue weighted by molar-refractivity contribution is 0.252. The molecule has 1 unspecified atom stereocenters. The molecule has 0 aromatic carbocycles. The SMILES string of the molecule is CC(C)(C)C1CCN(S(=O)(=O)c2ccc(CCl)cn2)C1. The molecule has 1 aromatic heterocycles. The molecule has 2 rings (SSSR count). The van der Waals surface area contributed by atoms with Gasteiger partial charge in [-0.25, -0.2) is 13.4 Å². The van der Waals surface area contributed by atoms with Gasteiger partial charge in [-0.05, 0) is 29.4 Å². The topological polar surface area (TPSA) is 50.3 Å². The quantitative estimate of drug-likeness (QED) is 0.806. The van der Waals surface area contributed by atoms with Gasteiger partial charge in [-0.2, -0.15) is 4.31 Å². The van der Waals surface area contributed by atoms with E-state index in [1.54, 1.807) is 10.4 Å². The van der Waals surface area contributed by atoms with Crippen molar-refractivity contribution < 1.29 is 8.42 Å². The van der Waals surface area contributed by atoms with Gasteiger partial charge in [-0.1, -0.05) is 26.8 Å². The summed E-state index contributed by atoms with van der Waals surface area (Å²) >= 11 is 5.69. The van der Waals surface area contributed by atoms with Crippen molar-refractivity contribution in [3.05, 3.63) is 23.9 Å². The molecule has 0 aliphatic carbocycles. The van der Waals surface area contributed by atoms with Crippen LogP contribution in [0.1, 0.15) is 32.8 Å². The Labute approximate surface area is 126 Å². The first-order chi connectivity index (χ1) is 9.25. The second-order valence-corrected chi connectivity index (χ2v) is 8.51. The maximum atomic E-state index is 12.5. The summed E-state index contributed by atoms with van der Waals surface area (Å²) in [5.74, 6) is 0.725. The molecule has 4 nitrogen and oxygen atoms in total. The first-order valence-corrected chi connectivity index (χ1v) is 8.73. The summed E-state index contributed by atoms with van der Waals surface area (Å²) in [6, 6.07) is 3.25. The van der Waals surface area contributed by atoms with E-state index in [2.05, 4.69) is 25.8 Å². The molecule has 1 aromatic rings. The van der Waals surface area contributed by atoms with Gasteiger partial charge in [0.1, 0.15) is 0 Å². The molecule has 0 radical (unpaired) electrons. The van der Waals surface area contributed by atoms with Crippen LogP contribution in [0.15, 0.2) is 23.4 Å². The Hall–Kier alpha value is -0.650. The van der Waals surface area contributed by atoms with Crippen molar-refractivity contribution in [3.8, 4) is 0 Å². The van der Waals surface area contributed by atoms with Crippen LogP contribution in [0.5, 0.6) is 0 Å². The summed E-state index contributed by atoms with van der Waals surface area (Å²) in [5.41, 5.74) is 0.944. The van der Waals surface area contributed by atoms with E-state index >= 15 is 0 Å². The fraction of sp³-hybridized carbons (Fsp3) is 0.643. The number of alkyl halides is 1. The minimum Gasteiger partial charge on any atom is -0.243 e. The van der Waals surface area contributed by atoms with E-state index in [1.807, 2.05) is 0 Å². The minimum atomic E-state index is -3.48. The van der Waals surface area contributed by atoms with Crippen molar-refractivity contribution in [1.29, 1.82) is 0 Å². The number of halogens is 1. The molecular weight excluding hydrogens is 296 g/mol. The Kier molecular flexibility index (Phi) is 4.42. The molecule has 0 N–H and O–H groups in total. The van der Waals surface area contributed by atoms with Crippen molar-refractivity contribution in [2.75, 3.05) is 13.1 Å². The number of aromatic nitrogens is 1. The van der Waals surface area contributed by atoms with Gasteiger partial charge in [0.05, 0.1) is 0 Å². The Bertz CT molecular complexity index is 564. The third-order valence-electron chi connectivity index (χ3n) is 3.93. The molecule has 2 heterocycles. The average molecular weight is 317 g/mol. The van der Waals surface area contributed by atoms with Crippen LogP contribution in [-0.4, -0.2) is 30.8 Å². The highest BCUT2D eigenvalue weighted by atomic mass is 35.5. The van der Waals surface area contributed by atoms with E-state index in [-0.39, 0.29) is 10.4 Å². The lowest BCUT2D eigenvalue weighted by atomic mass is 9.80. The van der Waals surface area contributed by atoms with Crippen LogP contribution in [0.4, 0.5) is 0 Å². The molecule has 0 amide bonds. The molecule has 6 heteroatoms. The summed E-state index contributed by atoms with van der Waals surface area (Å²) in [5, 5.41) is 0.112. The molecule has 1 saturated heterocycles. The molecule has 20 heavy (non-hydrogen) atoms. The van der Waals surface area contributed by atoms with Crippen molar-refractivity contribution in [2.45, 2.75) is 38.1 Å². The monoisotopic (exact) mass is 316 g/mol. The maximum absolute atomic E-state index is 12.5. The van der Waals surface area contributed by atoms with Gasteiger partial charge in [0.2, 0.25) is 0 Å². The standard InChI is InChI=1S/C14H21ClN2O2S/c1-14(2,3)12-6-7-17(10-12)20(18,19)13-5-4-11(8-15)9-16-13/h4-5,9,12H,6-8,10H2,1-3H3. The lowest BCUT2D eigenvalue weighted by Crippen LogP contribution is -2.31. The van der Waals surface area contributed by atoms with Gasteiger partial charge in [0.25, 0.3) is 10.0 Å². The zero-order valence-electron chi connectivity index (χ0n) is 12.1. The van der Waals surface area contributed by atoms with Crippen molar-refractivity contribution in [2.24, 2.45) is 11.3 Å². The molecule has 112 valence electrons. The fourth-order valence-corrected chi connectivity index (χ4v) is 4.00. The van der Waals surface area contributed by atoms with Crippen molar-refractivity contribution in [3.63, 3.8) is 0 Å². The van der Waals surface area contributed by atoms with Gasteiger partial charge in [0, 0.05) is 25.2 Å². The number of rotatable bonds is 3. The second kappa shape index (κ2) is 5.62. The van der Waals surface area contributed by atoms with Crippen LogP contribution in [0, 0.1) is 11.3 Å². The molecule has 0 bridgehead atoms. The maximum Gasteiger partial charge on any atom is 0.260 e. The van der Waals surface area contributed by atoms with Gasteiger partial charge < -0.3 is 0 Å². The highest BCUT2D eigenvalue weighted by molar-refractivity contribution is 7.89. The van der Waals surface area contributed by atoms with Gasteiger partial charge >= 0.3 is 0 Å². The molecule has 0 saturated carbocycles. The molecule has 1 atom stereocenters. The molecular formula is C14H21ClN2O2S. The van der Waals surface area contributed by atoms with Crippen LogP contribution in [0.3, 0.4) is 0 Å². The first kappa shape index (κ1) is 15.7. The molecule has 1 aliphatic rings. The summed E-state index contributed by atoms with van der Waals surface area (Å²) in [6.45, 7) is 7.61. The predicted octanol–water partition coefficient (Wildman–Crippen LogP) is 2.88. The average Bonchev–Trinajstić information content (AvgIpc) is 2.89. The van der Waals surface area contributed by atoms with E-state index in [0.29, 0.717) is 24.9 Å². The third kappa shape index (κ3) is 3.15. The number of hydrogen-bond donors (Lipinski definition) is 0. The number of pyridine rings is 1. The first-order valence-electron chi connectivity index (χ1n) is 6.76. The highest BCUT2D eigenvalue weighted by Crippen LogP contribution is 2.35. The summed E-state index contributed by atoms with van der Waals surface area (Å²) in [4.78, 5) is 4.04. The van der Waals surface area contributed by atoms with Crippen molar-refractivity contribution in [1.82, 2.24) is 9.29 Å². The third-order valence-corrected chi connectivity index (χ3v) is 6.02. The largest absolute Gasteiger partial charge is 0.260 e. The Morgan fingerprint density at radius 1 is 1.40 bits per heavy atom. The molecule has 1 aliphatic heterocycles. The lowest BCUT2D eigenvalue weighted by Gasteiger charge is -2.26. The zero-order valence-corrected chi connectivity index (χ0v) is 13.7. The van der Waals surface area contributed by atoms with E-state index in [9.17, 15) is 8.42 Å². The minimum absolute atomic E-state index is 0.112. The Morgan fingerprint density at radius 3 is 2.55 bits per heavy atom. The molecule has 0 spiro atoms. The number of nitrogens with zero attached hydrogens (tertiary/aromatic N) is 2. The van der Waals surface area contributed by atoms with Gasteiger partial charge in [-0.3, -0.25) is 0 Å². The Morgan fingerprint density at radius 2 is 2.10 bits per heavy atom. The van der Waals surface area contributed by atoms with Crippen molar-refractivity contribution >= 4 is 21.6 Å². The predicted molar refractivity (Wildman–Crippen MR) is 80.1 cm³/mol. The van der Waals surface area contributed by atoms with Crippen LogP contribution < -0.4 is 0 Å². The zero-order chi connectivity index (χ0) is 15.0. The van der Waals surface area contributed by atoms with E-state index in [4.69, 9.17) is 11.6 Å². The normalized spacial score (nSPS) is 21.3. The van der Waals surface area contributed by atoms with Gasteiger partial charge in [0.15, 0.2) is 5.03 Å². The smallest absolute Gasteiger partial charge is 0.243 e. The van der Waals surface area contributed by atoms with Gasteiger partial charge in [-0.15, -0.1) is 11.6 Å². The highest BCUT2D eigenvalue weighted by Gasteiger charge is 2.38. The van der Waals surface area contributed by atoms with E-state index in [1.165, 1.54) is 12.3 Å². The van der Waals surface area contributed by atoms with Crippen LogP contribution in [0.25, 0.3) is 0 Å². The Balaban J connectivity index is 2.19. The summed E-state index contributed by atoms with van der Waals surface area (Å²) < 4.78 is 26.6. The molecule has 1 fully saturated rings. The summed E-state index contributed by atoms with van der Waals surface area (Å²) in [6.07, 6.45) is 2.43.